The summed E-state index contributed by atoms with van der Waals surface area (Å²) in [6, 6.07) is 3.22. The highest BCUT2D eigenvalue weighted by Crippen LogP contribution is 2.28. The number of hydrogen-bond donors (Lipinski definition) is 1. The van der Waals surface area contributed by atoms with Crippen molar-refractivity contribution in [2.24, 2.45) is 0 Å². The number of aryl methyl sites for hydroxylation is 1. The third kappa shape index (κ3) is 2.30. The van der Waals surface area contributed by atoms with Crippen LogP contribution in [0.25, 0.3) is 11.2 Å². The molecule has 0 spiro atoms. The molecular formula is C14H21N5. The summed E-state index contributed by atoms with van der Waals surface area (Å²) in [5.41, 5.74) is 8.92. The van der Waals surface area contributed by atoms with E-state index >= 15 is 0 Å². The minimum absolute atomic E-state index is 0.440. The van der Waals surface area contributed by atoms with E-state index in [1.54, 1.807) is 0 Å². The zero-order valence-electron chi connectivity index (χ0n) is 11.8. The lowest BCUT2D eigenvalue weighted by Crippen LogP contribution is -2.34. The molecule has 5 heteroatoms. The number of fused-ring (bicyclic) bond motifs is 1. The van der Waals surface area contributed by atoms with Crippen LogP contribution in [0.15, 0.2) is 12.3 Å². The zero-order chi connectivity index (χ0) is 13.6. The second-order valence-corrected chi connectivity index (χ2v) is 5.68. The maximum absolute atomic E-state index is 6.04. The predicted octanol–water partition coefficient (Wildman–Crippen LogP) is 1.80. The minimum Gasteiger partial charge on any atom is -0.369 e. The number of imidazole rings is 1. The highest BCUT2D eigenvalue weighted by atomic mass is 15.2. The van der Waals surface area contributed by atoms with E-state index in [4.69, 9.17) is 5.73 Å². The Kier molecular flexibility index (Phi) is 2.93. The maximum atomic E-state index is 6.04. The van der Waals surface area contributed by atoms with E-state index in [-0.39, 0.29) is 0 Å². The highest BCUT2D eigenvalue weighted by Gasteiger charge is 2.29. The Morgan fingerprint density at radius 2 is 2.26 bits per heavy atom. The molecule has 0 amide bonds. The lowest BCUT2D eigenvalue weighted by molar-refractivity contribution is 0.227. The number of nitrogen functional groups attached to an aromatic ring is 1. The second-order valence-electron chi connectivity index (χ2n) is 5.68. The van der Waals surface area contributed by atoms with Crippen molar-refractivity contribution >= 4 is 17.1 Å². The van der Waals surface area contributed by atoms with Crippen LogP contribution >= 0.6 is 0 Å². The van der Waals surface area contributed by atoms with Crippen LogP contribution < -0.4 is 5.73 Å². The van der Waals surface area contributed by atoms with E-state index < -0.39 is 0 Å². The summed E-state index contributed by atoms with van der Waals surface area (Å²) in [6.07, 6.45) is 4.51. The van der Waals surface area contributed by atoms with E-state index in [1.807, 2.05) is 23.8 Å². The Labute approximate surface area is 113 Å². The monoisotopic (exact) mass is 259 g/mol. The van der Waals surface area contributed by atoms with Crippen LogP contribution in [0.1, 0.15) is 25.3 Å². The van der Waals surface area contributed by atoms with Gasteiger partial charge < -0.3 is 5.73 Å². The van der Waals surface area contributed by atoms with Crippen molar-refractivity contribution in [3.8, 4) is 0 Å². The number of anilines is 1. The fourth-order valence-corrected chi connectivity index (χ4v) is 2.54. The number of aromatic nitrogens is 3. The Bertz CT molecular complexity index is 599. The molecule has 3 rings (SSSR count). The van der Waals surface area contributed by atoms with E-state index in [9.17, 15) is 0 Å². The molecule has 1 atom stereocenters. The molecule has 1 saturated carbocycles. The number of likely N-dealkylation sites (N-methyl/N-ethyl adjacent to an activating group) is 1. The van der Waals surface area contributed by atoms with Crippen LogP contribution in [0.2, 0.25) is 0 Å². The number of rotatable bonds is 4. The van der Waals surface area contributed by atoms with Crippen molar-refractivity contribution in [3.05, 3.63) is 17.8 Å². The van der Waals surface area contributed by atoms with Gasteiger partial charge in [-0.1, -0.05) is 0 Å². The van der Waals surface area contributed by atoms with Crippen LogP contribution in [0.4, 0.5) is 5.95 Å². The molecule has 1 unspecified atom stereocenters. The van der Waals surface area contributed by atoms with Gasteiger partial charge >= 0.3 is 0 Å². The topological polar surface area (TPSA) is 60.0 Å². The average molecular weight is 259 g/mol. The molecule has 2 aromatic heterocycles. The Morgan fingerprint density at radius 3 is 2.95 bits per heavy atom. The number of nitrogens with zero attached hydrogens (tertiary/aromatic N) is 4. The minimum atomic E-state index is 0.440. The average Bonchev–Trinajstić information content (AvgIpc) is 3.15. The van der Waals surface area contributed by atoms with Gasteiger partial charge in [0.05, 0.1) is 0 Å². The van der Waals surface area contributed by atoms with Crippen molar-refractivity contribution in [1.29, 1.82) is 0 Å². The fourth-order valence-electron chi connectivity index (χ4n) is 2.54. The van der Waals surface area contributed by atoms with Crippen molar-refractivity contribution in [3.63, 3.8) is 0 Å². The van der Waals surface area contributed by atoms with Gasteiger partial charge in [-0.2, -0.15) is 0 Å². The lowest BCUT2D eigenvalue weighted by Gasteiger charge is -2.25. The first-order valence-corrected chi connectivity index (χ1v) is 6.86. The first-order chi connectivity index (χ1) is 9.06. The number of pyridine rings is 1. The lowest BCUT2D eigenvalue weighted by atomic mass is 10.2. The quantitative estimate of drug-likeness (QED) is 0.909. The van der Waals surface area contributed by atoms with Crippen LogP contribution in [0.3, 0.4) is 0 Å². The van der Waals surface area contributed by atoms with Crippen molar-refractivity contribution < 1.29 is 0 Å². The summed E-state index contributed by atoms with van der Waals surface area (Å²) < 4.78 is 2.03. The molecule has 0 saturated heterocycles. The van der Waals surface area contributed by atoms with Gasteiger partial charge in [0, 0.05) is 24.8 Å². The largest absolute Gasteiger partial charge is 0.369 e. The van der Waals surface area contributed by atoms with Crippen LogP contribution in [0, 0.1) is 6.92 Å². The fraction of sp³-hybridized carbons (Fsp3) is 0.571. The van der Waals surface area contributed by atoms with Gasteiger partial charge in [0.1, 0.15) is 5.52 Å². The molecule has 0 aliphatic heterocycles. The Hall–Kier alpha value is -1.62. The molecule has 5 nitrogen and oxygen atoms in total. The van der Waals surface area contributed by atoms with Crippen molar-refractivity contribution in [1.82, 2.24) is 19.4 Å². The molecule has 1 aliphatic carbocycles. The van der Waals surface area contributed by atoms with Gasteiger partial charge in [0.2, 0.25) is 5.95 Å². The molecule has 1 aliphatic rings. The molecule has 2 N–H and O–H groups in total. The van der Waals surface area contributed by atoms with Gasteiger partial charge in [0.25, 0.3) is 0 Å². The van der Waals surface area contributed by atoms with Gasteiger partial charge in [-0.15, -0.1) is 0 Å². The molecular weight excluding hydrogens is 238 g/mol. The van der Waals surface area contributed by atoms with Gasteiger partial charge in [-0.05, 0) is 45.4 Å². The first kappa shape index (κ1) is 12.4. The summed E-state index contributed by atoms with van der Waals surface area (Å²) in [4.78, 5) is 11.3. The third-order valence-corrected chi connectivity index (χ3v) is 4.02. The van der Waals surface area contributed by atoms with E-state index in [2.05, 4.69) is 28.8 Å². The van der Waals surface area contributed by atoms with Gasteiger partial charge in [0.15, 0.2) is 5.65 Å². The molecule has 0 bridgehead atoms. The van der Waals surface area contributed by atoms with Crippen molar-refractivity contribution in [2.45, 2.75) is 45.3 Å². The predicted molar refractivity (Wildman–Crippen MR) is 76.9 cm³/mol. The van der Waals surface area contributed by atoms with Crippen molar-refractivity contribution in [2.75, 3.05) is 12.8 Å². The normalized spacial score (nSPS) is 17.3. The summed E-state index contributed by atoms with van der Waals surface area (Å²) in [5.74, 6) is 0.559. The second kappa shape index (κ2) is 4.49. The standard InChI is InChI=1S/C14H21N5/c1-9-6-12-13(16-7-9)19(14(15)17-12)8-10(2)18(3)11-4-5-11/h6-7,10-11H,4-5,8H2,1-3H3,(H2,15,17). The van der Waals surface area contributed by atoms with Crippen LogP contribution in [-0.2, 0) is 6.54 Å². The summed E-state index contributed by atoms with van der Waals surface area (Å²) in [5, 5.41) is 0. The SMILES string of the molecule is Cc1cnc2c(c1)nc(N)n2CC(C)N(C)C1CC1. The van der Waals surface area contributed by atoms with E-state index in [1.165, 1.54) is 12.8 Å². The molecule has 0 aromatic carbocycles. The smallest absolute Gasteiger partial charge is 0.202 e. The molecule has 0 radical (unpaired) electrons. The van der Waals surface area contributed by atoms with Gasteiger partial charge in [-0.25, -0.2) is 9.97 Å². The number of hydrogen-bond acceptors (Lipinski definition) is 4. The molecule has 19 heavy (non-hydrogen) atoms. The molecule has 1 fully saturated rings. The maximum Gasteiger partial charge on any atom is 0.202 e. The highest BCUT2D eigenvalue weighted by molar-refractivity contribution is 5.74. The summed E-state index contributed by atoms with van der Waals surface area (Å²) in [6.45, 7) is 5.09. The Morgan fingerprint density at radius 1 is 1.53 bits per heavy atom. The molecule has 2 aromatic rings. The molecule has 2 heterocycles. The van der Waals surface area contributed by atoms with Crippen LogP contribution in [0.5, 0.6) is 0 Å². The Balaban J connectivity index is 1.89. The summed E-state index contributed by atoms with van der Waals surface area (Å²) >= 11 is 0. The van der Waals surface area contributed by atoms with Gasteiger partial charge in [-0.3, -0.25) is 9.47 Å². The first-order valence-electron chi connectivity index (χ1n) is 6.86. The van der Waals surface area contributed by atoms with Crippen LogP contribution in [-0.4, -0.2) is 38.6 Å². The number of nitrogens with two attached hydrogens (primary N) is 1. The molecule has 102 valence electrons. The summed E-state index contributed by atoms with van der Waals surface area (Å²) in [7, 11) is 2.19. The van der Waals surface area contributed by atoms with E-state index in [0.717, 1.165) is 29.3 Å². The third-order valence-electron chi connectivity index (χ3n) is 4.02. The zero-order valence-corrected chi connectivity index (χ0v) is 11.8. The van der Waals surface area contributed by atoms with E-state index in [0.29, 0.717) is 12.0 Å².